The monoisotopic (exact) mass is 376 g/mol. The summed E-state index contributed by atoms with van der Waals surface area (Å²) in [5.74, 6) is -1.15. The lowest BCUT2D eigenvalue weighted by atomic mass is 10.0. The Morgan fingerprint density at radius 1 is 1.42 bits per heavy atom. The number of aromatic carboxylic acids is 1. The average Bonchev–Trinajstić information content (AvgIpc) is 2.30. The second-order valence-corrected chi connectivity index (χ2v) is 5.90. The number of carbonyl (C=O) groups is 2. The van der Waals surface area contributed by atoms with Crippen LogP contribution in [0.4, 0.5) is 5.69 Å². The van der Waals surface area contributed by atoms with Crippen LogP contribution in [-0.2, 0) is 4.79 Å². The summed E-state index contributed by atoms with van der Waals surface area (Å²) in [5, 5.41) is 11.7. The minimum Gasteiger partial charge on any atom is -0.478 e. The molecule has 1 rings (SSSR count). The van der Waals surface area contributed by atoms with Gasteiger partial charge in [-0.05, 0) is 46.7 Å². The van der Waals surface area contributed by atoms with Crippen LogP contribution in [0, 0.1) is 9.49 Å². The highest BCUT2D eigenvalue weighted by Crippen LogP contribution is 2.19. The van der Waals surface area contributed by atoms with E-state index in [0.29, 0.717) is 5.69 Å². The van der Waals surface area contributed by atoms with Crippen molar-refractivity contribution in [1.29, 1.82) is 0 Å². The van der Waals surface area contributed by atoms with Gasteiger partial charge in [-0.2, -0.15) is 0 Å². The van der Waals surface area contributed by atoms with Gasteiger partial charge < -0.3 is 16.2 Å². The second kappa shape index (κ2) is 6.85. The summed E-state index contributed by atoms with van der Waals surface area (Å²) in [5.41, 5.74) is 6.20. The Morgan fingerprint density at radius 3 is 2.58 bits per heavy atom. The molecule has 1 amide bonds. The van der Waals surface area contributed by atoms with Crippen molar-refractivity contribution in [2.24, 2.45) is 11.7 Å². The molecule has 4 N–H and O–H groups in total. The molecule has 0 saturated heterocycles. The summed E-state index contributed by atoms with van der Waals surface area (Å²) in [4.78, 5) is 22.9. The van der Waals surface area contributed by atoms with Crippen molar-refractivity contribution < 1.29 is 14.7 Å². The molecule has 0 aliphatic heterocycles. The number of anilines is 1. The van der Waals surface area contributed by atoms with Crippen LogP contribution >= 0.6 is 22.6 Å². The molecule has 0 bridgehead atoms. The number of halogens is 1. The Hall–Kier alpha value is -1.15. The van der Waals surface area contributed by atoms with E-state index in [0.717, 1.165) is 3.57 Å². The first-order valence-electron chi connectivity index (χ1n) is 5.89. The Labute approximate surface area is 125 Å². The van der Waals surface area contributed by atoms with Crippen molar-refractivity contribution in [1.82, 2.24) is 0 Å². The SMILES string of the molecule is CC(C)C(N)CC(=O)Nc1ccc(I)cc1C(=O)O. The second-order valence-electron chi connectivity index (χ2n) is 4.66. The summed E-state index contributed by atoms with van der Waals surface area (Å²) >= 11 is 2.02. The highest BCUT2D eigenvalue weighted by atomic mass is 127. The van der Waals surface area contributed by atoms with Crippen molar-refractivity contribution in [3.8, 4) is 0 Å². The Bertz CT molecular complexity index is 489. The smallest absolute Gasteiger partial charge is 0.337 e. The lowest BCUT2D eigenvalue weighted by Crippen LogP contribution is -2.31. The van der Waals surface area contributed by atoms with E-state index in [1.807, 2.05) is 36.4 Å². The zero-order chi connectivity index (χ0) is 14.6. The Morgan fingerprint density at radius 2 is 2.05 bits per heavy atom. The van der Waals surface area contributed by atoms with Gasteiger partial charge >= 0.3 is 5.97 Å². The molecule has 0 aliphatic rings. The lowest BCUT2D eigenvalue weighted by molar-refractivity contribution is -0.116. The topological polar surface area (TPSA) is 92.4 Å². The molecule has 0 radical (unpaired) electrons. The minimum atomic E-state index is -1.07. The number of nitrogens with two attached hydrogens (primary N) is 1. The normalized spacial score (nSPS) is 12.3. The van der Waals surface area contributed by atoms with Crippen LogP contribution in [0.2, 0.25) is 0 Å². The van der Waals surface area contributed by atoms with Gasteiger partial charge in [-0.1, -0.05) is 13.8 Å². The molecule has 0 aromatic heterocycles. The molecule has 5 nitrogen and oxygen atoms in total. The fourth-order valence-electron chi connectivity index (χ4n) is 1.45. The van der Waals surface area contributed by atoms with E-state index >= 15 is 0 Å². The van der Waals surface area contributed by atoms with E-state index in [9.17, 15) is 9.59 Å². The zero-order valence-electron chi connectivity index (χ0n) is 10.8. The van der Waals surface area contributed by atoms with E-state index in [-0.39, 0.29) is 29.9 Å². The van der Waals surface area contributed by atoms with Crippen molar-refractivity contribution >= 4 is 40.2 Å². The van der Waals surface area contributed by atoms with Gasteiger partial charge in [-0.15, -0.1) is 0 Å². The molecule has 1 atom stereocenters. The predicted molar refractivity (Wildman–Crippen MR) is 82.2 cm³/mol. The lowest BCUT2D eigenvalue weighted by Gasteiger charge is -2.15. The van der Waals surface area contributed by atoms with E-state index < -0.39 is 5.97 Å². The largest absolute Gasteiger partial charge is 0.478 e. The Balaban J connectivity index is 2.82. The van der Waals surface area contributed by atoms with Crippen LogP contribution in [0.1, 0.15) is 30.6 Å². The first kappa shape index (κ1) is 15.9. The summed E-state index contributed by atoms with van der Waals surface area (Å²) in [6.07, 6.45) is 0.169. The van der Waals surface area contributed by atoms with Gasteiger partial charge in [0.25, 0.3) is 0 Å². The number of nitrogens with one attached hydrogen (secondary N) is 1. The van der Waals surface area contributed by atoms with Gasteiger partial charge in [-0.25, -0.2) is 4.79 Å². The van der Waals surface area contributed by atoms with E-state index in [1.165, 1.54) is 6.07 Å². The molecule has 1 unspecified atom stereocenters. The maximum Gasteiger partial charge on any atom is 0.337 e. The fourth-order valence-corrected chi connectivity index (χ4v) is 1.94. The summed E-state index contributed by atoms with van der Waals surface area (Å²) in [7, 11) is 0. The number of hydrogen-bond acceptors (Lipinski definition) is 3. The number of carboxylic acid groups (broad SMARTS) is 1. The number of hydrogen-bond donors (Lipinski definition) is 3. The molecule has 104 valence electrons. The summed E-state index contributed by atoms with van der Waals surface area (Å²) in [6, 6.07) is 4.60. The van der Waals surface area contributed by atoms with Gasteiger partial charge in [0.2, 0.25) is 5.91 Å². The van der Waals surface area contributed by atoms with Crippen molar-refractivity contribution in [3.63, 3.8) is 0 Å². The quantitative estimate of drug-likeness (QED) is 0.688. The molecule has 0 spiro atoms. The number of amides is 1. The molecule has 6 heteroatoms. The standard InChI is InChI=1S/C13H17IN2O3/c1-7(2)10(15)6-12(17)16-11-4-3-8(14)5-9(11)13(18)19/h3-5,7,10H,6,15H2,1-2H3,(H,16,17)(H,18,19). The molecular weight excluding hydrogens is 359 g/mol. The number of rotatable bonds is 5. The number of carbonyl (C=O) groups excluding carboxylic acids is 1. The highest BCUT2D eigenvalue weighted by molar-refractivity contribution is 14.1. The third-order valence-electron chi connectivity index (χ3n) is 2.76. The predicted octanol–water partition coefficient (Wildman–Crippen LogP) is 2.30. The van der Waals surface area contributed by atoms with Crippen LogP contribution in [-0.4, -0.2) is 23.0 Å². The number of carboxylic acids is 1. The molecule has 0 heterocycles. The van der Waals surface area contributed by atoms with Crippen molar-refractivity contribution in [3.05, 3.63) is 27.3 Å². The molecule has 0 fully saturated rings. The zero-order valence-corrected chi connectivity index (χ0v) is 13.0. The molecule has 1 aromatic rings. The van der Waals surface area contributed by atoms with Crippen molar-refractivity contribution in [2.45, 2.75) is 26.3 Å². The highest BCUT2D eigenvalue weighted by Gasteiger charge is 2.16. The summed E-state index contributed by atoms with van der Waals surface area (Å²) < 4.78 is 0.798. The van der Waals surface area contributed by atoms with Crippen LogP contribution in [0.5, 0.6) is 0 Å². The average molecular weight is 376 g/mol. The van der Waals surface area contributed by atoms with E-state index in [1.54, 1.807) is 12.1 Å². The van der Waals surface area contributed by atoms with Crippen LogP contribution in [0.25, 0.3) is 0 Å². The first-order valence-corrected chi connectivity index (χ1v) is 6.97. The summed E-state index contributed by atoms with van der Waals surface area (Å²) in [6.45, 7) is 3.87. The molecule has 19 heavy (non-hydrogen) atoms. The maximum atomic E-state index is 11.8. The minimum absolute atomic E-state index is 0.0818. The van der Waals surface area contributed by atoms with Crippen molar-refractivity contribution in [2.75, 3.05) is 5.32 Å². The molecular formula is C13H17IN2O3. The molecule has 1 aromatic carbocycles. The van der Waals surface area contributed by atoms with Gasteiger partial charge in [0.15, 0.2) is 0 Å². The van der Waals surface area contributed by atoms with Crippen LogP contribution < -0.4 is 11.1 Å². The molecule has 0 aliphatic carbocycles. The number of benzene rings is 1. The maximum absolute atomic E-state index is 11.8. The van der Waals surface area contributed by atoms with Crippen LogP contribution in [0.3, 0.4) is 0 Å². The third kappa shape index (κ3) is 4.79. The van der Waals surface area contributed by atoms with Gasteiger partial charge in [-0.3, -0.25) is 4.79 Å². The van der Waals surface area contributed by atoms with Gasteiger partial charge in [0.05, 0.1) is 11.3 Å². The Kier molecular flexibility index (Phi) is 5.74. The third-order valence-corrected chi connectivity index (χ3v) is 3.43. The van der Waals surface area contributed by atoms with Crippen LogP contribution in [0.15, 0.2) is 18.2 Å². The van der Waals surface area contributed by atoms with E-state index in [2.05, 4.69) is 5.32 Å². The van der Waals surface area contributed by atoms with Gasteiger partial charge in [0, 0.05) is 16.0 Å². The van der Waals surface area contributed by atoms with E-state index in [4.69, 9.17) is 10.8 Å². The molecule has 0 saturated carbocycles. The van der Waals surface area contributed by atoms with Gasteiger partial charge in [0.1, 0.15) is 0 Å². The fraction of sp³-hybridized carbons (Fsp3) is 0.385. The first-order chi connectivity index (χ1) is 8.81.